The molecular weight excluding hydrogens is 160 g/mol. The molecule has 0 heterocycles. The second kappa shape index (κ2) is 4.12. The van der Waals surface area contributed by atoms with Gasteiger partial charge in [0.2, 0.25) is 0 Å². The molecule has 0 aromatic rings. The lowest BCUT2D eigenvalue weighted by Crippen LogP contribution is -2.25. The van der Waals surface area contributed by atoms with Crippen LogP contribution in [0.4, 0.5) is 0 Å². The predicted octanol–water partition coefficient (Wildman–Crippen LogP) is 2.89. The van der Waals surface area contributed by atoms with Crippen molar-refractivity contribution in [3.05, 3.63) is 0 Å². The summed E-state index contributed by atoms with van der Waals surface area (Å²) in [6, 6.07) is 0. The van der Waals surface area contributed by atoms with E-state index in [1.807, 2.05) is 5.01 Å². The molecule has 1 aliphatic rings. The van der Waals surface area contributed by atoms with Crippen LogP contribution in [0.5, 0.6) is 0 Å². The van der Waals surface area contributed by atoms with Gasteiger partial charge in [-0.15, -0.1) is 0 Å². The number of rotatable bonds is 2. The monoisotopic (exact) mass is 182 g/mol. The summed E-state index contributed by atoms with van der Waals surface area (Å²) in [5.74, 6) is 0. The molecule has 0 saturated heterocycles. The van der Waals surface area contributed by atoms with E-state index >= 15 is 0 Å². The van der Waals surface area contributed by atoms with Gasteiger partial charge < -0.3 is 5.01 Å². The summed E-state index contributed by atoms with van der Waals surface area (Å²) < 4.78 is 0. The van der Waals surface area contributed by atoms with Gasteiger partial charge >= 0.3 is 0 Å². The van der Waals surface area contributed by atoms with Crippen LogP contribution >= 0.6 is 0 Å². The van der Waals surface area contributed by atoms with Crippen molar-refractivity contribution in [3.63, 3.8) is 0 Å². The second-order valence-corrected chi connectivity index (χ2v) is 4.83. The maximum absolute atomic E-state index is 4.60. The lowest BCUT2D eigenvalue weighted by atomic mass is 9.77. The highest BCUT2D eigenvalue weighted by molar-refractivity contribution is 5.85. The van der Waals surface area contributed by atoms with Crippen LogP contribution in [0.3, 0.4) is 0 Å². The third-order valence-corrected chi connectivity index (χ3v) is 2.77. The van der Waals surface area contributed by atoms with E-state index in [9.17, 15) is 0 Å². The Kier molecular flexibility index (Phi) is 3.34. The maximum Gasteiger partial charge on any atom is 0.0386 e. The topological polar surface area (TPSA) is 15.6 Å². The Morgan fingerprint density at radius 2 is 2.15 bits per heavy atom. The number of hydrazone groups is 1. The standard InChI is InChI=1S/C11H22N2/c1-5-13(4)12-10-7-6-8-11(2,3)9-10/h5-9H2,1-4H3/b12-10+. The third-order valence-electron chi connectivity index (χ3n) is 2.77. The Morgan fingerprint density at radius 3 is 2.69 bits per heavy atom. The molecule has 1 fully saturated rings. The number of hydrogen-bond acceptors (Lipinski definition) is 2. The van der Waals surface area contributed by atoms with Crippen molar-refractivity contribution < 1.29 is 0 Å². The van der Waals surface area contributed by atoms with E-state index in [0.717, 1.165) is 6.54 Å². The van der Waals surface area contributed by atoms with Gasteiger partial charge in [-0.05, 0) is 38.0 Å². The molecule has 2 nitrogen and oxygen atoms in total. The highest BCUT2D eigenvalue weighted by Gasteiger charge is 2.25. The van der Waals surface area contributed by atoms with Crippen molar-refractivity contribution in [2.45, 2.75) is 46.5 Å². The summed E-state index contributed by atoms with van der Waals surface area (Å²) in [6.07, 6.45) is 5.04. The summed E-state index contributed by atoms with van der Waals surface area (Å²) in [7, 11) is 2.05. The minimum Gasteiger partial charge on any atom is -0.300 e. The lowest BCUT2D eigenvalue weighted by molar-refractivity contribution is 0.308. The molecule has 13 heavy (non-hydrogen) atoms. The zero-order valence-corrected chi connectivity index (χ0v) is 9.43. The molecule has 0 radical (unpaired) electrons. The van der Waals surface area contributed by atoms with E-state index < -0.39 is 0 Å². The molecule has 0 aromatic carbocycles. The van der Waals surface area contributed by atoms with Gasteiger partial charge in [0.25, 0.3) is 0 Å². The highest BCUT2D eigenvalue weighted by Crippen LogP contribution is 2.33. The summed E-state index contributed by atoms with van der Waals surface area (Å²) >= 11 is 0. The molecule has 0 aromatic heterocycles. The molecule has 0 atom stereocenters. The first kappa shape index (κ1) is 10.6. The van der Waals surface area contributed by atoms with E-state index in [1.54, 1.807) is 0 Å². The van der Waals surface area contributed by atoms with Gasteiger partial charge in [0, 0.05) is 19.3 Å². The predicted molar refractivity (Wildman–Crippen MR) is 58.0 cm³/mol. The zero-order chi connectivity index (χ0) is 9.90. The molecule has 0 unspecified atom stereocenters. The molecular formula is C11H22N2. The molecule has 1 rings (SSSR count). The Bertz CT molecular complexity index is 194. The molecule has 2 heteroatoms. The summed E-state index contributed by atoms with van der Waals surface area (Å²) in [5.41, 5.74) is 1.87. The maximum atomic E-state index is 4.60. The van der Waals surface area contributed by atoms with Crippen molar-refractivity contribution in [1.82, 2.24) is 5.01 Å². The van der Waals surface area contributed by atoms with Crippen LogP contribution in [0.15, 0.2) is 5.10 Å². The number of hydrogen-bond donors (Lipinski definition) is 0. The van der Waals surface area contributed by atoms with Gasteiger partial charge in [-0.1, -0.05) is 13.8 Å². The Morgan fingerprint density at radius 1 is 1.46 bits per heavy atom. The van der Waals surface area contributed by atoms with E-state index in [1.165, 1.54) is 31.4 Å². The molecule has 1 aliphatic carbocycles. The van der Waals surface area contributed by atoms with Gasteiger partial charge in [0.15, 0.2) is 0 Å². The van der Waals surface area contributed by atoms with Crippen LogP contribution in [0.25, 0.3) is 0 Å². The SMILES string of the molecule is CCN(C)/N=C1\CCCC(C)(C)C1. The van der Waals surface area contributed by atoms with Crippen LogP contribution < -0.4 is 0 Å². The summed E-state index contributed by atoms with van der Waals surface area (Å²) in [6.45, 7) is 7.82. The summed E-state index contributed by atoms with van der Waals surface area (Å²) in [4.78, 5) is 0. The Labute approximate surface area is 82.0 Å². The third kappa shape index (κ3) is 3.37. The molecule has 0 bridgehead atoms. The van der Waals surface area contributed by atoms with Crippen molar-refractivity contribution >= 4 is 5.71 Å². The average molecular weight is 182 g/mol. The minimum absolute atomic E-state index is 0.478. The molecule has 0 aliphatic heterocycles. The smallest absolute Gasteiger partial charge is 0.0386 e. The Hall–Kier alpha value is -0.530. The molecule has 0 amide bonds. The first-order valence-corrected chi connectivity index (χ1v) is 5.31. The Balaban J connectivity index is 2.56. The van der Waals surface area contributed by atoms with Gasteiger partial charge in [0.05, 0.1) is 0 Å². The van der Waals surface area contributed by atoms with E-state index in [-0.39, 0.29) is 0 Å². The molecule has 0 N–H and O–H groups in total. The lowest BCUT2D eigenvalue weighted by Gasteiger charge is -2.30. The molecule has 1 saturated carbocycles. The fourth-order valence-corrected chi connectivity index (χ4v) is 1.90. The first-order valence-electron chi connectivity index (χ1n) is 5.31. The minimum atomic E-state index is 0.478. The van der Waals surface area contributed by atoms with E-state index in [4.69, 9.17) is 0 Å². The van der Waals surface area contributed by atoms with Gasteiger partial charge in [-0.2, -0.15) is 5.10 Å². The number of nitrogens with zero attached hydrogens (tertiary/aromatic N) is 2. The first-order chi connectivity index (χ1) is 6.03. The van der Waals surface area contributed by atoms with Gasteiger partial charge in [-0.3, -0.25) is 0 Å². The zero-order valence-electron chi connectivity index (χ0n) is 9.43. The van der Waals surface area contributed by atoms with Gasteiger partial charge in [-0.25, -0.2) is 0 Å². The van der Waals surface area contributed by atoms with Crippen LogP contribution in [0.1, 0.15) is 46.5 Å². The fraction of sp³-hybridized carbons (Fsp3) is 0.909. The molecule has 0 spiro atoms. The van der Waals surface area contributed by atoms with Crippen molar-refractivity contribution in [1.29, 1.82) is 0 Å². The second-order valence-electron chi connectivity index (χ2n) is 4.83. The van der Waals surface area contributed by atoms with Gasteiger partial charge in [0.1, 0.15) is 0 Å². The fourth-order valence-electron chi connectivity index (χ4n) is 1.90. The van der Waals surface area contributed by atoms with Crippen molar-refractivity contribution in [3.8, 4) is 0 Å². The van der Waals surface area contributed by atoms with Crippen molar-refractivity contribution in [2.24, 2.45) is 10.5 Å². The quantitative estimate of drug-likeness (QED) is 0.600. The summed E-state index contributed by atoms with van der Waals surface area (Å²) in [5, 5.41) is 6.64. The highest BCUT2D eigenvalue weighted by atomic mass is 15.4. The average Bonchev–Trinajstić information content (AvgIpc) is 2.02. The van der Waals surface area contributed by atoms with E-state index in [2.05, 4.69) is 32.9 Å². The van der Waals surface area contributed by atoms with Crippen LogP contribution in [-0.2, 0) is 0 Å². The van der Waals surface area contributed by atoms with E-state index in [0.29, 0.717) is 5.41 Å². The van der Waals surface area contributed by atoms with Crippen molar-refractivity contribution in [2.75, 3.05) is 13.6 Å². The largest absolute Gasteiger partial charge is 0.300 e. The molecule has 76 valence electrons. The van der Waals surface area contributed by atoms with Crippen LogP contribution in [-0.4, -0.2) is 24.3 Å². The normalized spacial score (nSPS) is 24.8. The van der Waals surface area contributed by atoms with Crippen LogP contribution in [0.2, 0.25) is 0 Å². The van der Waals surface area contributed by atoms with Crippen LogP contribution in [0, 0.1) is 5.41 Å².